The number of likely N-dealkylation sites (tertiary alicyclic amines) is 1. The van der Waals surface area contributed by atoms with E-state index in [1.165, 1.54) is 11.5 Å². The van der Waals surface area contributed by atoms with Crippen LogP contribution in [0.4, 0.5) is 0 Å². The highest BCUT2D eigenvalue weighted by Gasteiger charge is 2.41. The number of piperidine rings is 1. The van der Waals surface area contributed by atoms with Crippen molar-refractivity contribution >= 4 is 23.3 Å². The summed E-state index contributed by atoms with van der Waals surface area (Å²) < 4.78 is 12.4. The van der Waals surface area contributed by atoms with Crippen molar-refractivity contribution in [3.05, 3.63) is 33.6 Å². The predicted octanol–water partition coefficient (Wildman–Crippen LogP) is 1.52. The van der Waals surface area contributed by atoms with Gasteiger partial charge in [-0.05, 0) is 44.3 Å². The van der Waals surface area contributed by atoms with Gasteiger partial charge in [0.25, 0.3) is 11.8 Å². The molecule has 4 rings (SSSR count). The van der Waals surface area contributed by atoms with Crippen LogP contribution in [0.1, 0.15) is 50.0 Å². The molecule has 27 heavy (non-hydrogen) atoms. The Balaban J connectivity index is 1.45. The quantitative estimate of drug-likeness (QED) is 0.841. The van der Waals surface area contributed by atoms with Crippen LogP contribution in [0.5, 0.6) is 0 Å². The second-order valence-electron chi connectivity index (χ2n) is 7.22. The van der Waals surface area contributed by atoms with Gasteiger partial charge >= 0.3 is 0 Å². The first kappa shape index (κ1) is 18.1. The zero-order valence-electron chi connectivity index (χ0n) is 15.7. The van der Waals surface area contributed by atoms with Crippen LogP contribution in [0.25, 0.3) is 0 Å². The van der Waals surface area contributed by atoms with Gasteiger partial charge in [0, 0.05) is 25.0 Å². The standard InChI is InChI=1S/C18H23N5O3S/c1-11-15(12(2)27-21-11)17(25)22-6-4-18(5-7-22)10-23-13(9-26-18)8-14(20-23)16(24)19-3/h8H,4-7,9-10H2,1-3H3,(H,19,24). The molecule has 2 aromatic rings. The SMILES string of the molecule is CNC(=O)c1cc2n(n1)CC1(CCN(C(=O)c3c(C)nsc3C)CC1)OC2. The van der Waals surface area contributed by atoms with Gasteiger partial charge < -0.3 is 15.0 Å². The molecule has 0 aromatic carbocycles. The molecule has 1 saturated heterocycles. The Morgan fingerprint density at radius 1 is 1.30 bits per heavy atom. The Labute approximate surface area is 161 Å². The molecule has 0 radical (unpaired) electrons. The molecular formula is C18H23N5O3S. The number of fused-ring (bicyclic) bond motifs is 1. The smallest absolute Gasteiger partial charge is 0.271 e. The van der Waals surface area contributed by atoms with E-state index in [0.717, 1.165) is 34.7 Å². The largest absolute Gasteiger partial charge is 0.367 e. The number of carbonyl (C=O) groups is 2. The van der Waals surface area contributed by atoms with Crippen LogP contribution in [-0.2, 0) is 17.9 Å². The maximum absolute atomic E-state index is 12.9. The van der Waals surface area contributed by atoms with Crippen molar-refractivity contribution in [1.82, 2.24) is 24.4 Å². The van der Waals surface area contributed by atoms with E-state index in [2.05, 4.69) is 14.8 Å². The van der Waals surface area contributed by atoms with Gasteiger partial charge in [-0.3, -0.25) is 14.3 Å². The predicted molar refractivity (Wildman–Crippen MR) is 99.9 cm³/mol. The molecule has 0 bridgehead atoms. The second-order valence-corrected chi connectivity index (χ2v) is 8.20. The fourth-order valence-corrected chi connectivity index (χ4v) is 4.55. The highest BCUT2D eigenvalue weighted by atomic mass is 32.1. The van der Waals surface area contributed by atoms with Crippen LogP contribution in [0.2, 0.25) is 0 Å². The molecule has 0 unspecified atom stereocenters. The van der Waals surface area contributed by atoms with E-state index in [-0.39, 0.29) is 17.4 Å². The molecule has 2 aliphatic rings. The van der Waals surface area contributed by atoms with E-state index in [1.54, 1.807) is 13.1 Å². The Bertz CT molecular complexity index is 875. The van der Waals surface area contributed by atoms with Crippen molar-refractivity contribution in [3.63, 3.8) is 0 Å². The summed E-state index contributed by atoms with van der Waals surface area (Å²) in [7, 11) is 1.60. The average Bonchev–Trinajstić information content (AvgIpc) is 3.23. The van der Waals surface area contributed by atoms with Crippen LogP contribution >= 0.6 is 11.5 Å². The van der Waals surface area contributed by atoms with E-state index < -0.39 is 0 Å². The topological polar surface area (TPSA) is 89.4 Å². The molecule has 1 fully saturated rings. The molecule has 0 atom stereocenters. The second kappa shape index (κ2) is 6.72. The molecule has 1 spiro atoms. The van der Waals surface area contributed by atoms with Gasteiger partial charge in [-0.2, -0.15) is 9.47 Å². The average molecular weight is 389 g/mol. The van der Waals surface area contributed by atoms with Crippen LogP contribution in [0.15, 0.2) is 6.07 Å². The Morgan fingerprint density at radius 3 is 2.67 bits per heavy atom. The summed E-state index contributed by atoms with van der Waals surface area (Å²) in [6.07, 6.45) is 1.51. The fourth-order valence-electron chi connectivity index (χ4n) is 3.86. The number of rotatable bonds is 2. The number of hydrogen-bond donors (Lipinski definition) is 1. The molecule has 0 saturated carbocycles. The number of hydrogen-bond acceptors (Lipinski definition) is 6. The van der Waals surface area contributed by atoms with Gasteiger partial charge in [0.1, 0.15) is 0 Å². The Kier molecular flexibility index (Phi) is 4.51. The number of nitrogens with zero attached hydrogens (tertiary/aromatic N) is 4. The summed E-state index contributed by atoms with van der Waals surface area (Å²) in [5, 5.41) is 7.02. The van der Waals surface area contributed by atoms with Crippen molar-refractivity contribution in [2.45, 2.75) is 45.4 Å². The maximum atomic E-state index is 12.9. The van der Waals surface area contributed by atoms with E-state index in [4.69, 9.17) is 4.74 Å². The minimum atomic E-state index is -0.327. The van der Waals surface area contributed by atoms with Crippen molar-refractivity contribution in [2.75, 3.05) is 20.1 Å². The van der Waals surface area contributed by atoms with Gasteiger partial charge in [0.15, 0.2) is 5.69 Å². The number of nitrogens with one attached hydrogen (secondary N) is 1. The monoisotopic (exact) mass is 389 g/mol. The first-order valence-corrected chi connectivity index (χ1v) is 9.85. The minimum Gasteiger partial charge on any atom is -0.367 e. The highest BCUT2D eigenvalue weighted by Crippen LogP contribution is 2.34. The minimum absolute atomic E-state index is 0.0612. The highest BCUT2D eigenvalue weighted by molar-refractivity contribution is 7.06. The summed E-state index contributed by atoms with van der Waals surface area (Å²) in [5.74, 6) is -0.132. The molecule has 0 aliphatic carbocycles. The molecule has 1 N–H and O–H groups in total. The van der Waals surface area contributed by atoms with E-state index >= 15 is 0 Å². The van der Waals surface area contributed by atoms with Crippen molar-refractivity contribution in [2.24, 2.45) is 0 Å². The molecule has 4 heterocycles. The van der Waals surface area contributed by atoms with E-state index in [9.17, 15) is 9.59 Å². The van der Waals surface area contributed by atoms with Crippen LogP contribution < -0.4 is 5.32 Å². The van der Waals surface area contributed by atoms with Gasteiger partial charge in [-0.1, -0.05) is 0 Å². The lowest BCUT2D eigenvalue weighted by Crippen LogP contribution is -2.52. The molecule has 144 valence electrons. The van der Waals surface area contributed by atoms with Crippen LogP contribution in [0.3, 0.4) is 0 Å². The van der Waals surface area contributed by atoms with Gasteiger partial charge in [-0.25, -0.2) is 0 Å². The Hall–Kier alpha value is -2.26. The summed E-state index contributed by atoms with van der Waals surface area (Å²) in [6.45, 7) is 6.16. The zero-order valence-corrected chi connectivity index (χ0v) is 16.6. The third-order valence-electron chi connectivity index (χ3n) is 5.50. The Morgan fingerprint density at radius 2 is 2.04 bits per heavy atom. The van der Waals surface area contributed by atoms with Gasteiger partial charge in [-0.15, -0.1) is 0 Å². The van der Waals surface area contributed by atoms with Crippen molar-refractivity contribution in [1.29, 1.82) is 0 Å². The molecular weight excluding hydrogens is 366 g/mol. The number of aromatic nitrogens is 3. The lowest BCUT2D eigenvalue weighted by Gasteiger charge is -2.43. The third-order valence-corrected chi connectivity index (χ3v) is 6.34. The van der Waals surface area contributed by atoms with E-state index in [1.807, 2.05) is 23.4 Å². The molecule has 8 nitrogen and oxygen atoms in total. The van der Waals surface area contributed by atoms with Crippen LogP contribution in [-0.4, -0.2) is 56.6 Å². The lowest BCUT2D eigenvalue weighted by molar-refractivity contribution is -0.119. The fraction of sp³-hybridized carbons (Fsp3) is 0.556. The first-order valence-electron chi connectivity index (χ1n) is 9.07. The summed E-state index contributed by atoms with van der Waals surface area (Å²) in [4.78, 5) is 27.5. The van der Waals surface area contributed by atoms with Crippen molar-refractivity contribution in [3.8, 4) is 0 Å². The van der Waals surface area contributed by atoms with Crippen molar-refractivity contribution < 1.29 is 14.3 Å². The number of aryl methyl sites for hydroxylation is 2. The van der Waals surface area contributed by atoms with E-state index in [0.29, 0.717) is 31.9 Å². The first-order chi connectivity index (χ1) is 12.9. The number of ether oxygens (including phenoxy) is 1. The summed E-state index contributed by atoms with van der Waals surface area (Å²) in [5.41, 5.74) is 2.54. The lowest BCUT2D eigenvalue weighted by atomic mass is 9.89. The molecule has 9 heteroatoms. The van der Waals surface area contributed by atoms with Gasteiger partial charge in [0.05, 0.1) is 35.7 Å². The normalized spacial score (nSPS) is 18.4. The summed E-state index contributed by atoms with van der Waals surface area (Å²) in [6, 6.07) is 1.78. The molecule has 2 aromatic heterocycles. The summed E-state index contributed by atoms with van der Waals surface area (Å²) >= 11 is 1.38. The van der Waals surface area contributed by atoms with Gasteiger partial charge in [0.2, 0.25) is 0 Å². The van der Waals surface area contributed by atoms with Crippen LogP contribution in [0, 0.1) is 13.8 Å². The molecule has 2 amide bonds. The zero-order chi connectivity index (χ0) is 19.2. The third kappa shape index (κ3) is 3.14. The number of carbonyl (C=O) groups excluding carboxylic acids is 2. The maximum Gasteiger partial charge on any atom is 0.271 e. The number of amides is 2. The molecule has 2 aliphatic heterocycles.